The normalized spacial score (nSPS) is 14.2. The van der Waals surface area contributed by atoms with Gasteiger partial charge in [0.15, 0.2) is 5.13 Å². The monoisotopic (exact) mass is 413 g/mol. The van der Waals surface area contributed by atoms with Crippen molar-refractivity contribution in [2.45, 2.75) is 6.54 Å². The van der Waals surface area contributed by atoms with Gasteiger partial charge < -0.3 is 15.1 Å². The van der Waals surface area contributed by atoms with E-state index in [1.165, 1.54) is 11.3 Å². The zero-order valence-electron chi connectivity index (χ0n) is 15.2. The van der Waals surface area contributed by atoms with Crippen LogP contribution in [0.1, 0.15) is 16.1 Å². The third kappa shape index (κ3) is 4.26. The molecule has 1 fully saturated rings. The molecule has 1 aliphatic heterocycles. The molecule has 0 aliphatic carbocycles. The van der Waals surface area contributed by atoms with Crippen molar-refractivity contribution in [2.24, 2.45) is 0 Å². The summed E-state index contributed by atoms with van der Waals surface area (Å²) in [5.74, 6) is 0.928. The third-order valence-corrected chi connectivity index (χ3v) is 5.82. The maximum absolute atomic E-state index is 12.8. The van der Waals surface area contributed by atoms with Gasteiger partial charge in [0, 0.05) is 49.3 Å². The van der Waals surface area contributed by atoms with Crippen molar-refractivity contribution in [3.63, 3.8) is 0 Å². The summed E-state index contributed by atoms with van der Waals surface area (Å²) in [4.78, 5) is 25.7. The van der Waals surface area contributed by atoms with Crippen LogP contribution < -0.4 is 10.2 Å². The Hall–Kier alpha value is -2.64. The first kappa shape index (κ1) is 18.7. The number of rotatable bonds is 5. The minimum Gasteiger partial charge on any atom is -0.357 e. The lowest BCUT2D eigenvalue weighted by atomic mass is 10.2. The van der Waals surface area contributed by atoms with Gasteiger partial charge >= 0.3 is 0 Å². The molecule has 1 saturated heterocycles. The van der Waals surface area contributed by atoms with Crippen molar-refractivity contribution < 1.29 is 4.79 Å². The molecule has 4 rings (SSSR count). The highest BCUT2D eigenvalue weighted by molar-refractivity contribution is 7.13. The Morgan fingerprint density at radius 2 is 1.89 bits per heavy atom. The highest BCUT2D eigenvalue weighted by atomic mass is 35.5. The number of amides is 1. The van der Waals surface area contributed by atoms with E-state index in [9.17, 15) is 4.79 Å². The molecule has 3 heterocycles. The van der Waals surface area contributed by atoms with Crippen molar-refractivity contribution in [1.29, 1.82) is 0 Å². The lowest BCUT2D eigenvalue weighted by Crippen LogP contribution is -2.49. The standard InChI is InChI=1S/C20H20ClN5OS/c21-16-6-2-1-5-15(16)13-23-20-24-17(14-28-20)19(27)26-11-9-25(10-12-26)18-7-3-4-8-22-18/h1-8,14H,9-13H2,(H,23,24). The first-order valence-corrected chi connectivity index (χ1v) is 10.3. The van der Waals surface area contributed by atoms with Crippen LogP contribution >= 0.6 is 22.9 Å². The van der Waals surface area contributed by atoms with Crippen LogP contribution in [0.5, 0.6) is 0 Å². The van der Waals surface area contributed by atoms with Crippen molar-refractivity contribution in [3.05, 3.63) is 70.3 Å². The number of piperazine rings is 1. The number of carbonyl (C=O) groups excluding carboxylic acids is 1. The fraction of sp³-hybridized carbons (Fsp3) is 0.250. The number of hydrogen-bond donors (Lipinski definition) is 1. The van der Waals surface area contributed by atoms with Gasteiger partial charge in [0.2, 0.25) is 0 Å². The quantitative estimate of drug-likeness (QED) is 0.690. The number of anilines is 2. The molecule has 28 heavy (non-hydrogen) atoms. The van der Waals surface area contributed by atoms with Crippen LogP contribution in [-0.2, 0) is 6.54 Å². The minimum atomic E-state index is -0.0253. The molecule has 1 amide bonds. The van der Waals surface area contributed by atoms with E-state index in [2.05, 4.69) is 20.2 Å². The van der Waals surface area contributed by atoms with Gasteiger partial charge in [0.05, 0.1) is 0 Å². The van der Waals surface area contributed by atoms with Gasteiger partial charge in [-0.25, -0.2) is 9.97 Å². The number of aromatic nitrogens is 2. The van der Waals surface area contributed by atoms with Crippen molar-refractivity contribution in [2.75, 3.05) is 36.4 Å². The number of hydrogen-bond acceptors (Lipinski definition) is 6. The fourth-order valence-electron chi connectivity index (χ4n) is 3.11. The molecule has 144 valence electrons. The molecule has 1 N–H and O–H groups in total. The van der Waals surface area contributed by atoms with Gasteiger partial charge in [-0.05, 0) is 23.8 Å². The summed E-state index contributed by atoms with van der Waals surface area (Å²) in [5, 5.41) is 6.49. The number of nitrogens with zero attached hydrogens (tertiary/aromatic N) is 4. The summed E-state index contributed by atoms with van der Waals surface area (Å²) in [6, 6.07) is 13.6. The second-order valence-corrected chi connectivity index (χ2v) is 7.72. The van der Waals surface area contributed by atoms with Gasteiger partial charge in [-0.15, -0.1) is 11.3 Å². The molecule has 0 bridgehead atoms. The van der Waals surface area contributed by atoms with E-state index >= 15 is 0 Å². The summed E-state index contributed by atoms with van der Waals surface area (Å²) in [6.45, 7) is 3.43. The Kier molecular flexibility index (Phi) is 5.73. The average Bonchev–Trinajstić information content (AvgIpc) is 3.22. The predicted molar refractivity (Wildman–Crippen MR) is 113 cm³/mol. The van der Waals surface area contributed by atoms with Crippen LogP contribution in [0.4, 0.5) is 10.9 Å². The Balaban J connectivity index is 1.33. The molecular weight excluding hydrogens is 394 g/mol. The first-order valence-electron chi connectivity index (χ1n) is 9.09. The lowest BCUT2D eigenvalue weighted by Gasteiger charge is -2.35. The van der Waals surface area contributed by atoms with Gasteiger partial charge in [-0.3, -0.25) is 4.79 Å². The summed E-state index contributed by atoms with van der Waals surface area (Å²) in [5.41, 5.74) is 1.48. The van der Waals surface area contributed by atoms with Gasteiger partial charge in [-0.1, -0.05) is 35.9 Å². The molecule has 0 radical (unpaired) electrons. The third-order valence-electron chi connectivity index (χ3n) is 4.65. The highest BCUT2D eigenvalue weighted by Gasteiger charge is 2.24. The maximum atomic E-state index is 12.8. The van der Waals surface area contributed by atoms with E-state index in [0.717, 1.165) is 29.6 Å². The number of carbonyl (C=O) groups is 1. The molecule has 0 atom stereocenters. The maximum Gasteiger partial charge on any atom is 0.273 e. The van der Waals surface area contributed by atoms with Gasteiger partial charge in [-0.2, -0.15) is 0 Å². The molecular formula is C20H20ClN5OS. The zero-order valence-corrected chi connectivity index (χ0v) is 16.8. The van der Waals surface area contributed by atoms with Crippen LogP contribution in [0.25, 0.3) is 0 Å². The summed E-state index contributed by atoms with van der Waals surface area (Å²) < 4.78 is 0. The Morgan fingerprint density at radius 3 is 2.64 bits per heavy atom. The van der Waals surface area contributed by atoms with Crippen molar-refractivity contribution in [3.8, 4) is 0 Å². The second-order valence-electron chi connectivity index (χ2n) is 6.45. The number of thiazole rings is 1. The van der Waals surface area contributed by atoms with Crippen LogP contribution in [0.15, 0.2) is 54.0 Å². The van der Waals surface area contributed by atoms with Crippen molar-refractivity contribution in [1.82, 2.24) is 14.9 Å². The SMILES string of the molecule is O=C(c1csc(NCc2ccccc2Cl)n1)N1CCN(c2ccccn2)CC1. The van der Waals surface area contributed by atoms with E-state index in [-0.39, 0.29) is 5.91 Å². The molecule has 0 spiro atoms. The first-order chi connectivity index (χ1) is 13.7. The molecule has 6 nitrogen and oxygen atoms in total. The smallest absolute Gasteiger partial charge is 0.273 e. The summed E-state index contributed by atoms with van der Waals surface area (Å²) in [6.07, 6.45) is 1.79. The van der Waals surface area contributed by atoms with E-state index in [1.807, 2.05) is 52.7 Å². The summed E-state index contributed by atoms with van der Waals surface area (Å²) in [7, 11) is 0. The lowest BCUT2D eigenvalue weighted by molar-refractivity contribution is 0.0741. The number of halogens is 1. The topological polar surface area (TPSA) is 61.4 Å². The predicted octanol–water partition coefficient (Wildman–Crippen LogP) is 3.77. The van der Waals surface area contributed by atoms with Gasteiger partial charge in [0.25, 0.3) is 5.91 Å². The number of pyridine rings is 1. The minimum absolute atomic E-state index is 0.0253. The molecule has 1 aliphatic rings. The van der Waals surface area contributed by atoms with E-state index < -0.39 is 0 Å². The summed E-state index contributed by atoms with van der Waals surface area (Å²) >= 11 is 7.61. The van der Waals surface area contributed by atoms with Crippen LogP contribution in [0.3, 0.4) is 0 Å². The van der Waals surface area contributed by atoms with Crippen molar-refractivity contribution >= 4 is 39.8 Å². The molecule has 0 saturated carbocycles. The van der Waals surface area contributed by atoms with Crippen LogP contribution in [0, 0.1) is 0 Å². The average molecular weight is 414 g/mol. The molecule has 2 aromatic heterocycles. The molecule has 1 aromatic carbocycles. The molecule has 3 aromatic rings. The molecule has 8 heteroatoms. The molecule has 0 unspecified atom stereocenters. The van der Waals surface area contributed by atoms with Crippen LogP contribution in [0.2, 0.25) is 5.02 Å². The Bertz CT molecular complexity index is 941. The largest absolute Gasteiger partial charge is 0.357 e. The van der Waals surface area contributed by atoms with E-state index in [0.29, 0.717) is 30.4 Å². The van der Waals surface area contributed by atoms with E-state index in [1.54, 1.807) is 6.20 Å². The van der Waals surface area contributed by atoms with Crippen LogP contribution in [-0.4, -0.2) is 47.0 Å². The second kappa shape index (κ2) is 8.58. The Morgan fingerprint density at radius 1 is 1.11 bits per heavy atom. The van der Waals surface area contributed by atoms with E-state index in [4.69, 9.17) is 11.6 Å². The highest BCUT2D eigenvalue weighted by Crippen LogP contribution is 2.21. The Labute approximate surface area is 172 Å². The van der Waals surface area contributed by atoms with Gasteiger partial charge in [0.1, 0.15) is 11.5 Å². The number of benzene rings is 1. The fourth-order valence-corrected chi connectivity index (χ4v) is 3.99. The zero-order chi connectivity index (χ0) is 19.3. The number of nitrogens with one attached hydrogen (secondary N) is 1.